The lowest BCUT2D eigenvalue weighted by Crippen LogP contribution is -2.29. The van der Waals surface area contributed by atoms with Gasteiger partial charge in [0.2, 0.25) is 0 Å². The zero-order valence-electron chi connectivity index (χ0n) is 9.08. The largest absolute Gasteiger partial charge is 0.359 e. The maximum Gasteiger partial charge on any atom is 0.161 e. The summed E-state index contributed by atoms with van der Waals surface area (Å²) in [5, 5.41) is 0. The maximum absolute atomic E-state index is 11.6. The third kappa shape index (κ3) is 1.48. The molecular weight excluding hydrogens is 180 g/mol. The van der Waals surface area contributed by atoms with E-state index in [1.807, 2.05) is 0 Å². The molecule has 14 heavy (non-hydrogen) atoms. The Labute approximate surface area is 84.8 Å². The van der Waals surface area contributed by atoms with Gasteiger partial charge < -0.3 is 9.47 Å². The Morgan fingerprint density at radius 3 is 2.79 bits per heavy atom. The molecule has 0 aromatic heterocycles. The third-order valence-corrected chi connectivity index (χ3v) is 3.92. The molecule has 0 heterocycles. The van der Waals surface area contributed by atoms with Crippen LogP contribution in [0, 0.1) is 17.3 Å². The molecule has 3 nitrogen and oxygen atoms in total. The first-order valence-electron chi connectivity index (χ1n) is 5.20. The van der Waals surface area contributed by atoms with Crippen molar-refractivity contribution in [3.8, 4) is 0 Å². The topological polar surface area (TPSA) is 35.5 Å². The summed E-state index contributed by atoms with van der Waals surface area (Å²) in [4.78, 5) is 11.6. The number of hydrogen-bond donors (Lipinski definition) is 0. The van der Waals surface area contributed by atoms with Crippen LogP contribution in [-0.2, 0) is 14.3 Å². The van der Waals surface area contributed by atoms with E-state index < -0.39 is 0 Å². The summed E-state index contributed by atoms with van der Waals surface area (Å²) in [5.41, 5.74) is 0.362. The number of Topliss-reactive ketones (excluding diaryl/α,β-unsaturated/α-hetero) is 1. The highest BCUT2D eigenvalue weighted by atomic mass is 16.7. The standard InChI is InChI=1S/C11H18O3/c1-11(2)7-4-9(12)10(5-8(7)11)14-6-13-3/h7-8,10H,4-6H2,1-3H3/t7-,8-,10+/m0/s1. The van der Waals surface area contributed by atoms with Crippen molar-refractivity contribution in [2.45, 2.75) is 32.8 Å². The van der Waals surface area contributed by atoms with Gasteiger partial charge in [-0.15, -0.1) is 0 Å². The molecule has 0 aliphatic heterocycles. The first-order chi connectivity index (χ1) is 6.57. The second kappa shape index (κ2) is 3.31. The summed E-state index contributed by atoms with van der Waals surface area (Å²) in [6.07, 6.45) is 1.38. The van der Waals surface area contributed by atoms with Crippen LogP contribution < -0.4 is 0 Å². The zero-order chi connectivity index (χ0) is 10.3. The summed E-state index contributed by atoms with van der Waals surface area (Å²) in [6, 6.07) is 0. The molecule has 0 amide bonds. The molecule has 2 aliphatic rings. The van der Waals surface area contributed by atoms with Gasteiger partial charge in [0.05, 0.1) is 0 Å². The van der Waals surface area contributed by atoms with Gasteiger partial charge in [-0.2, -0.15) is 0 Å². The van der Waals surface area contributed by atoms with Gasteiger partial charge in [-0.3, -0.25) is 4.79 Å². The molecule has 0 saturated heterocycles. The summed E-state index contributed by atoms with van der Waals surface area (Å²) < 4.78 is 10.2. The Kier molecular flexibility index (Phi) is 2.40. The second-order valence-corrected chi connectivity index (χ2v) is 5.00. The number of ketones is 1. The first kappa shape index (κ1) is 10.1. The fraction of sp³-hybridized carbons (Fsp3) is 0.909. The fourth-order valence-electron chi connectivity index (χ4n) is 2.75. The van der Waals surface area contributed by atoms with Crippen LogP contribution in [-0.4, -0.2) is 25.8 Å². The normalized spacial score (nSPS) is 39.4. The summed E-state index contributed by atoms with van der Waals surface area (Å²) in [6.45, 7) is 4.72. The highest BCUT2D eigenvalue weighted by Crippen LogP contribution is 2.64. The van der Waals surface area contributed by atoms with Gasteiger partial charge in [0.1, 0.15) is 12.9 Å². The van der Waals surface area contributed by atoms with E-state index in [4.69, 9.17) is 9.47 Å². The highest BCUT2D eigenvalue weighted by molar-refractivity contribution is 5.85. The lowest BCUT2D eigenvalue weighted by molar-refractivity contribution is -0.143. The Balaban J connectivity index is 1.93. The van der Waals surface area contributed by atoms with E-state index in [0.717, 1.165) is 6.42 Å². The second-order valence-electron chi connectivity index (χ2n) is 5.00. The molecule has 0 spiro atoms. The van der Waals surface area contributed by atoms with Crippen LogP contribution in [0.15, 0.2) is 0 Å². The number of methoxy groups -OCH3 is 1. The van der Waals surface area contributed by atoms with Gasteiger partial charge in [-0.25, -0.2) is 0 Å². The molecule has 0 aromatic rings. The SMILES string of the molecule is COCO[C@@H]1C[C@H]2[C@H](CC1=O)C2(C)C. The number of hydrogen-bond acceptors (Lipinski definition) is 3. The summed E-state index contributed by atoms with van der Waals surface area (Å²) in [7, 11) is 1.58. The van der Waals surface area contributed by atoms with E-state index in [0.29, 0.717) is 23.7 Å². The van der Waals surface area contributed by atoms with Crippen molar-refractivity contribution >= 4 is 5.78 Å². The fourth-order valence-corrected chi connectivity index (χ4v) is 2.75. The van der Waals surface area contributed by atoms with E-state index >= 15 is 0 Å². The van der Waals surface area contributed by atoms with Gasteiger partial charge in [0.15, 0.2) is 5.78 Å². The van der Waals surface area contributed by atoms with Crippen LogP contribution in [0.2, 0.25) is 0 Å². The zero-order valence-corrected chi connectivity index (χ0v) is 9.08. The lowest BCUT2D eigenvalue weighted by Gasteiger charge is -2.19. The van der Waals surface area contributed by atoms with E-state index in [-0.39, 0.29) is 18.7 Å². The molecule has 0 unspecified atom stereocenters. The van der Waals surface area contributed by atoms with E-state index in [1.54, 1.807) is 7.11 Å². The van der Waals surface area contributed by atoms with Crippen LogP contribution in [0.1, 0.15) is 26.7 Å². The molecule has 0 N–H and O–H groups in total. The van der Waals surface area contributed by atoms with Gasteiger partial charge in [-0.1, -0.05) is 13.8 Å². The Bertz CT molecular complexity index is 247. The minimum absolute atomic E-state index is 0.210. The van der Waals surface area contributed by atoms with Crippen LogP contribution in [0.25, 0.3) is 0 Å². The molecule has 3 atom stereocenters. The summed E-state index contributed by atoms with van der Waals surface area (Å²) in [5.74, 6) is 1.55. The Morgan fingerprint density at radius 1 is 1.43 bits per heavy atom. The number of fused-ring (bicyclic) bond motifs is 1. The number of rotatable bonds is 3. The third-order valence-electron chi connectivity index (χ3n) is 3.92. The van der Waals surface area contributed by atoms with E-state index in [2.05, 4.69) is 13.8 Å². The molecule has 2 aliphatic carbocycles. The number of ether oxygens (including phenoxy) is 2. The number of carbonyl (C=O) groups is 1. The van der Waals surface area contributed by atoms with Crippen molar-refractivity contribution < 1.29 is 14.3 Å². The molecule has 0 bridgehead atoms. The average Bonchev–Trinajstić information content (AvgIpc) is 2.65. The monoisotopic (exact) mass is 198 g/mol. The maximum atomic E-state index is 11.6. The molecular formula is C11H18O3. The summed E-state index contributed by atoms with van der Waals surface area (Å²) >= 11 is 0. The van der Waals surface area contributed by atoms with Crippen molar-refractivity contribution in [2.24, 2.45) is 17.3 Å². The molecule has 2 fully saturated rings. The van der Waals surface area contributed by atoms with E-state index in [1.165, 1.54) is 0 Å². The van der Waals surface area contributed by atoms with Crippen molar-refractivity contribution in [1.29, 1.82) is 0 Å². The molecule has 0 aromatic carbocycles. The predicted octanol–water partition coefficient (Wildman–Crippen LogP) is 1.61. The minimum Gasteiger partial charge on any atom is -0.359 e. The van der Waals surface area contributed by atoms with E-state index in [9.17, 15) is 4.79 Å². The molecule has 3 heteroatoms. The van der Waals surface area contributed by atoms with Crippen LogP contribution >= 0.6 is 0 Å². The van der Waals surface area contributed by atoms with Crippen molar-refractivity contribution in [2.75, 3.05) is 13.9 Å². The lowest BCUT2D eigenvalue weighted by atomic mass is 9.96. The van der Waals surface area contributed by atoms with Gasteiger partial charge in [0.25, 0.3) is 0 Å². The minimum atomic E-state index is -0.210. The van der Waals surface area contributed by atoms with Crippen molar-refractivity contribution in [1.82, 2.24) is 0 Å². The van der Waals surface area contributed by atoms with Crippen LogP contribution in [0.4, 0.5) is 0 Å². The average molecular weight is 198 g/mol. The molecule has 2 rings (SSSR count). The van der Waals surface area contributed by atoms with Crippen molar-refractivity contribution in [3.05, 3.63) is 0 Å². The van der Waals surface area contributed by atoms with Gasteiger partial charge in [0, 0.05) is 13.5 Å². The first-order valence-corrected chi connectivity index (χ1v) is 5.20. The van der Waals surface area contributed by atoms with Gasteiger partial charge in [-0.05, 0) is 23.7 Å². The quantitative estimate of drug-likeness (QED) is 0.646. The van der Waals surface area contributed by atoms with Gasteiger partial charge >= 0.3 is 0 Å². The molecule has 0 radical (unpaired) electrons. The van der Waals surface area contributed by atoms with Crippen molar-refractivity contribution in [3.63, 3.8) is 0 Å². The molecule has 2 saturated carbocycles. The predicted molar refractivity (Wildman–Crippen MR) is 51.8 cm³/mol. The highest BCUT2D eigenvalue weighted by Gasteiger charge is 2.61. The Hall–Kier alpha value is -0.410. The molecule has 80 valence electrons. The number of carbonyl (C=O) groups excluding carboxylic acids is 1. The Morgan fingerprint density at radius 2 is 2.14 bits per heavy atom. The van der Waals surface area contributed by atoms with Crippen LogP contribution in [0.3, 0.4) is 0 Å². The smallest absolute Gasteiger partial charge is 0.161 e. The van der Waals surface area contributed by atoms with Crippen LogP contribution in [0.5, 0.6) is 0 Å².